The molecule has 0 unspecified atom stereocenters. The Morgan fingerprint density at radius 1 is 0.828 bits per heavy atom. The van der Waals surface area contributed by atoms with E-state index in [0.29, 0.717) is 23.5 Å². The van der Waals surface area contributed by atoms with Gasteiger partial charge in [0.1, 0.15) is 5.75 Å². The maximum Gasteiger partial charge on any atom is 0.262 e. The van der Waals surface area contributed by atoms with Gasteiger partial charge in [-0.1, -0.05) is 49.4 Å². The molecule has 0 bridgehead atoms. The lowest BCUT2D eigenvalue weighted by Gasteiger charge is -2.09. The molecule has 3 rings (SSSR count). The third kappa shape index (κ3) is 5.94. The summed E-state index contributed by atoms with van der Waals surface area (Å²) in [4.78, 5) is 24.0. The summed E-state index contributed by atoms with van der Waals surface area (Å²) in [5, 5.41) is 5.58. The minimum atomic E-state index is -0.264. The van der Waals surface area contributed by atoms with E-state index in [-0.39, 0.29) is 18.4 Å². The first-order valence-corrected chi connectivity index (χ1v) is 9.62. The maximum absolute atomic E-state index is 12.1. The van der Waals surface area contributed by atoms with Gasteiger partial charge in [0.25, 0.3) is 11.8 Å². The third-order valence-electron chi connectivity index (χ3n) is 4.30. The number of nitrogens with one attached hydrogen (secondary N) is 2. The maximum atomic E-state index is 12.1. The highest BCUT2D eigenvalue weighted by molar-refractivity contribution is 5.96. The third-order valence-corrected chi connectivity index (χ3v) is 4.30. The van der Waals surface area contributed by atoms with Crippen LogP contribution in [0.2, 0.25) is 0 Å². The van der Waals surface area contributed by atoms with Gasteiger partial charge in [-0.05, 0) is 53.9 Å². The minimum absolute atomic E-state index is 0.0938. The van der Waals surface area contributed by atoms with Crippen molar-refractivity contribution < 1.29 is 14.3 Å². The Labute approximate surface area is 170 Å². The highest BCUT2D eigenvalue weighted by Gasteiger charge is 2.07. The Balaban J connectivity index is 1.49. The lowest BCUT2D eigenvalue weighted by molar-refractivity contribution is -0.118. The van der Waals surface area contributed by atoms with Gasteiger partial charge in [-0.15, -0.1) is 0 Å². The van der Waals surface area contributed by atoms with Gasteiger partial charge in [0.15, 0.2) is 6.61 Å². The molecule has 2 amide bonds. The van der Waals surface area contributed by atoms with E-state index >= 15 is 0 Å². The van der Waals surface area contributed by atoms with Crippen LogP contribution >= 0.6 is 0 Å². The molecule has 3 aromatic carbocycles. The van der Waals surface area contributed by atoms with Crippen LogP contribution in [0, 0.1) is 0 Å². The lowest BCUT2D eigenvalue weighted by atomic mass is 10.1. The quantitative estimate of drug-likeness (QED) is 0.597. The molecule has 0 aliphatic rings. The lowest BCUT2D eigenvalue weighted by Crippen LogP contribution is -2.24. The zero-order valence-electron chi connectivity index (χ0n) is 16.4. The first-order chi connectivity index (χ1) is 14.2. The van der Waals surface area contributed by atoms with Crippen molar-refractivity contribution in [1.82, 2.24) is 5.32 Å². The van der Waals surface area contributed by atoms with Crippen LogP contribution in [-0.4, -0.2) is 25.0 Å². The Hall–Kier alpha value is -3.60. The van der Waals surface area contributed by atoms with Crippen molar-refractivity contribution >= 4 is 17.5 Å². The number of anilines is 1. The summed E-state index contributed by atoms with van der Waals surface area (Å²) in [6, 6.07) is 24.4. The molecule has 0 aliphatic carbocycles. The van der Waals surface area contributed by atoms with Crippen molar-refractivity contribution in [2.75, 3.05) is 18.5 Å². The Kier molecular flexibility index (Phi) is 7.00. The number of hydrogen-bond acceptors (Lipinski definition) is 3. The van der Waals surface area contributed by atoms with Gasteiger partial charge in [-0.25, -0.2) is 0 Å². The molecule has 0 saturated carbocycles. The molecule has 0 aromatic heterocycles. The van der Waals surface area contributed by atoms with Gasteiger partial charge in [0.2, 0.25) is 0 Å². The number of carbonyl (C=O) groups excluding carboxylic acids is 2. The zero-order chi connectivity index (χ0) is 20.5. The standard InChI is InChI=1S/C24H24N2O3/c1-2-16-25-24(28)20-8-12-21(13-9-20)26-23(27)17-29-22-14-10-19(11-15-22)18-6-4-3-5-7-18/h3-15H,2,16-17H2,1H3,(H,25,28)(H,26,27). The van der Waals surface area contributed by atoms with Gasteiger partial charge in [-0.3, -0.25) is 9.59 Å². The number of amides is 2. The molecular formula is C24H24N2O3. The fraction of sp³-hybridized carbons (Fsp3) is 0.167. The SMILES string of the molecule is CCCNC(=O)c1ccc(NC(=O)COc2ccc(-c3ccccc3)cc2)cc1. The summed E-state index contributed by atoms with van der Waals surface area (Å²) in [6.07, 6.45) is 0.884. The van der Waals surface area contributed by atoms with Crippen LogP contribution in [0.4, 0.5) is 5.69 Å². The molecule has 0 aliphatic heterocycles. The number of rotatable bonds is 8. The Morgan fingerprint density at radius 3 is 2.14 bits per heavy atom. The average Bonchev–Trinajstić information content (AvgIpc) is 2.77. The van der Waals surface area contributed by atoms with E-state index in [1.54, 1.807) is 24.3 Å². The van der Waals surface area contributed by atoms with Crippen molar-refractivity contribution in [1.29, 1.82) is 0 Å². The van der Waals surface area contributed by atoms with Crippen molar-refractivity contribution in [3.8, 4) is 16.9 Å². The summed E-state index contributed by atoms with van der Waals surface area (Å²) in [7, 11) is 0. The molecule has 2 N–H and O–H groups in total. The Bertz CT molecular complexity index is 936. The molecular weight excluding hydrogens is 364 g/mol. The molecule has 29 heavy (non-hydrogen) atoms. The second kappa shape index (κ2) is 10.1. The normalized spacial score (nSPS) is 10.2. The van der Waals surface area contributed by atoms with Crippen molar-refractivity contribution in [3.63, 3.8) is 0 Å². The molecule has 0 spiro atoms. The second-order valence-electron chi connectivity index (χ2n) is 6.56. The molecule has 0 radical (unpaired) electrons. The van der Waals surface area contributed by atoms with Gasteiger partial charge in [-0.2, -0.15) is 0 Å². The molecule has 0 heterocycles. The number of hydrogen-bond donors (Lipinski definition) is 2. The van der Waals surface area contributed by atoms with Crippen LogP contribution in [0.5, 0.6) is 5.75 Å². The van der Waals surface area contributed by atoms with Crippen LogP contribution in [-0.2, 0) is 4.79 Å². The topological polar surface area (TPSA) is 67.4 Å². The summed E-state index contributed by atoms with van der Waals surface area (Å²) in [6.45, 7) is 2.54. The van der Waals surface area contributed by atoms with Gasteiger partial charge >= 0.3 is 0 Å². The molecule has 0 saturated heterocycles. The fourth-order valence-corrected chi connectivity index (χ4v) is 2.77. The van der Waals surface area contributed by atoms with E-state index in [2.05, 4.69) is 10.6 Å². The van der Waals surface area contributed by atoms with Crippen LogP contribution < -0.4 is 15.4 Å². The predicted octanol–water partition coefficient (Wildman–Crippen LogP) is 4.51. The monoisotopic (exact) mass is 388 g/mol. The Morgan fingerprint density at radius 2 is 1.48 bits per heavy atom. The predicted molar refractivity (Wildman–Crippen MR) is 115 cm³/mol. The summed E-state index contributed by atoms with van der Waals surface area (Å²) >= 11 is 0. The molecule has 0 atom stereocenters. The first-order valence-electron chi connectivity index (χ1n) is 9.62. The van der Waals surface area contributed by atoms with Crippen LogP contribution in [0.15, 0.2) is 78.9 Å². The van der Waals surface area contributed by atoms with Gasteiger partial charge < -0.3 is 15.4 Å². The van der Waals surface area contributed by atoms with Crippen molar-refractivity contribution in [2.45, 2.75) is 13.3 Å². The van der Waals surface area contributed by atoms with E-state index in [1.807, 2.05) is 61.5 Å². The van der Waals surface area contributed by atoms with Crippen molar-refractivity contribution in [3.05, 3.63) is 84.4 Å². The highest BCUT2D eigenvalue weighted by Crippen LogP contribution is 2.22. The van der Waals surface area contributed by atoms with Gasteiger partial charge in [0.05, 0.1) is 0 Å². The second-order valence-corrected chi connectivity index (χ2v) is 6.56. The van der Waals surface area contributed by atoms with Crippen LogP contribution in [0.25, 0.3) is 11.1 Å². The fourth-order valence-electron chi connectivity index (χ4n) is 2.77. The largest absolute Gasteiger partial charge is 0.484 e. The number of carbonyl (C=O) groups is 2. The van der Waals surface area contributed by atoms with Crippen LogP contribution in [0.1, 0.15) is 23.7 Å². The van der Waals surface area contributed by atoms with Crippen LogP contribution in [0.3, 0.4) is 0 Å². The first kappa shape index (κ1) is 20.1. The minimum Gasteiger partial charge on any atom is -0.484 e. The van der Waals surface area contributed by atoms with E-state index < -0.39 is 0 Å². The molecule has 0 fully saturated rings. The number of ether oxygens (including phenoxy) is 1. The average molecular weight is 388 g/mol. The van der Waals surface area contributed by atoms with E-state index in [4.69, 9.17) is 4.74 Å². The molecule has 5 nitrogen and oxygen atoms in total. The summed E-state index contributed by atoms with van der Waals surface area (Å²) in [5.41, 5.74) is 3.39. The smallest absolute Gasteiger partial charge is 0.262 e. The number of benzene rings is 3. The van der Waals surface area contributed by atoms with E-state index in [9.17, 15) is 9.59 Å². The zero-order valence-corrected chi connectivity index (χ0v) is 16.4. The highest BCUT2D eigenvalue weighted by atomic mass is 16.5. The van der Waals surface area contributed by atoms with E-state index in [0.717, 1.165) is 17.5 Å². The van der Waals surface area contributed by atoms with Crippen molar-refractivity contribution in [2.24, 2.45) is 0 Å². The summed E-state index contributed by atoms with van der Waals surface area (Å²) < 4.78 is 5.56. The molecule has 148 valence electrons. The van der Waals surface area contributed by atoms with Gasteiger partial charge in [0, 0.05) is 17.8 Å². The summed E-state index contributed by atoms with van der Waals surface area (Å²) in [5.74, 6) is 0.245. The van der Waals surface area contributed by atoms with E-state index in [1.165, 1.54) is 0 Å². The molecule has 5 heteroatoms. The molecule has 3 aromatic rings.